The SMILES string of the molecule is CCC(C)(C(=O)Cc1cccc(OC)c1)N(C)C. The van der Waals surface area contributed by atoms with Gasteiger partial charge in [0.2, 0.25) is 0 Å². The van der Waals surface area contributed by atoms with E-state index in [1.807, 2.05) is 57.1 Å². The van der Waals surface area contributed by atoms with Crippen molar-refractivity contribution in [3.8, 4) is 5.75 Å². The summed E-state index contributed by atoms with van der Waals surface area (Å²) in [7, 11) is 5.54. The van der Waals surface area contributed by atoms with Crippen molar-refractivity contribution < 1.29 is 9.53 Å². The molecule has 0 aliphatic rings. The smallest absolute Gasteiger partial charge is 0.157 e. The summed E-state index contributed by atoms with van der Waals surface area (Å²) in [6, 6.07) is 7.69. The third kappa shape index (κ3) is 3.10. The third-order valence-electron chi connectivity index (χ3n) is 3.78. The molecule has 0 spiro atoms. The summed E-state index contributed by atoms with van der Waals surface area (Å²) in [5.41, 5.74) is 0.601. The Labute approximate surface area is 110 Å². The highest BCUT2D eigenvalue weighted by Gasteiger charge is 2.32. The molecule has 0 aromatic heterocycles. The second-order valence-electron chi connectivity index (χ2n) is 4.97. The van der Waals surface area contributed by atoms with Crippen LogP contribution in [-0.2, 0) is 11.2 Å². The fourth-order valence-electron chi connectivity index (χ4n) is 1.92. The van der Waals surface area contributed by atoms with E-state index in [1.165, 1.54) is 0 Å². The Morgan fingerprint density at radius 3 is 2.56 bits per heavy atom. The molecule has 3 nitrogen and oxygen atoms in total. The van der Waals surface area contributed by atoms with Crippen molar-refractivity contribution in [2.24, 2.45) is 0 Å². The zero-order valence-corrected chi connectivity index (χ0v) is 12.0. The molecule has 1 rings (SSSR count). The lowest BCUT2D eigenvalue weighted by atomic mass is 9.88. The molecule has 1 atom stereocenters. The summed E-state index contributed by atoms with van der Waals surface area (Å²) < 4.78 is 5.17. The number of carbonyl (C=O) groups is 1. The molecule has 0 aliphatic carbocycles. The van der Waals surface area contributed by atoms with Gasteiger partial charge in [0.1, 0.15) is 5.75 Å². The number of benzene rings is 1. The summed E-state index contributed by atoms with van der Waals surface area (Å²) in [4.78, 5) is 14.4. The average Bonchev–Trinajstić information content (AvgIpc) is 2.37. The molecule has 0 aliphatic heterocycles. The number of ketones is 1. The van der Waals surface area contributed by atoms with Gasteiger partial charge in [0, 0.05) is 6.42 Å². The Morgan fingerprint density at radius 2 is 2.06 bits per heavy atom. The Morgan fingerprint density at radius 1 is 1.39 bits per heavy atom. The Hall–Kier alpha value is -1.35. The lowest BCUT2D eigenvalue weighted by molar-refractivity contribution is -0.128. The van der Waals surface area contributed by atoms with Crippen LogP contribution in [0.1, 0.15) is 25.8 Å². The van der Waals surface area contributed by atoms with Crippen molar-refractivity contribution in [3.05, 3.63) is 29.8 Å². The van der Waals surface area contributed by atoms with Gasteiger partial charge in [0.05, 0.1) is 12.6 Å². The fourth-order valence-corrected chi connectivity index (χ4v) is 1.92. The van der Waals surface area contributed by atoms with Gasteiger partial charge in [0.15, 0.2) is 5.78 Å². The number of carbonyl (C=O) groups excluding carboxylic acids is 1. The predicted octanol–water partition coefficient (Wildman–Crippen LogP) is 2.54. The highest BCUT2D eigenvalue weighted by atomic mass is 16.5. The lowest BCUT2D eigenvalue weighted by Gasteiger charge is -2.34. The van der Waals surface area contributed by atoms with Crippen molar-refractivity contribution in [1.82, 2.24) is 4.90 Å². The van der Waals surface area contributed by atoms with E-state index in [0.29, 0.717) is 6.42 Å². The molecule has 1 aromatic rings. The molecule has 0 saturated heterocycles. The summed E-state index contributed by atoms with van der Waals surface area (Å²) in [6.07, 6.45) is 1.25. The zero-order valence-electron chi connectivity index (χ0n) is 12.0. The largest absolute Gasteiger partial charge is 0.497 e. The maximum Gasteiger partial charge on any atom is 0.157 e. The van der Waals surface area contributed by atoms with Crippen LogP contribution >= 0.6 is 0 Å². The normalized spacial score (nSPS) is 14.3. The van der Waals surface area contributed by atoms with Crippen molar-refractivity contribution in [3.63, 3.8) is 0 Å². The van der Waals surface area contributed by atoms with Crippen molar-refractivity contribution >= 4 is 5.78 Å². The summed E-state index contributed by atoms with van der Waals surface area (Å²) in [5.74, 6) is 1.03. The zero-order chi connectivity index (χ0) is 13.8. The van der Waals surface area contributed by atoms with Crippen LogP contribution in [0.15, 0.2) is 24.3 Å². The van der Waals surface area contributed by atoms with E-state index in [9.17, 15) is 4.79 Å². The highest BCUT2D eigenvalue weighted by molar-refractivity contribution is 5.89. The summed E-state index contributed by atoms with van der Waals surface area (Å²) >= 11 is 0. The summed E-state index contributed by atoms with van der Waals surface area (Å²) in [5, 5.41) is 0. The summed E-state index contributed by atoms with van der Waals surface area (Å²) in [6.45, 7) is 4.04. The monoisotopic (exact) mass is 249 g/mol. The predicted molar refractivity (Wildman–Crippen MR) is 74.1 cm³/mol. The average molecular weight is 249 g/mol. The molecule has 0 saturated carbocycles. The van der Waals surface area contributed by atoms with E-state index in [0.717, 1.165) is 17.7 Å². The fraction of sp³-hybridized carbons (Fsp3) is 0.533. The van der Waals surface area contributed by atoms with Crippen LogP contribution in [0.2, 0.25) is 0 Å². The van der Waals surface area contributed by atoms with Gasteiger partial charge in [-0.05, 0) is 45.1 Å². The van der Waals surface area contributed by atoms with Crippen LogP contribution in [0.4, 0.5) is 0 Å². The second kappa shape index (κ2) is 6.01. The molecule has 100 valence electrons. The Balaban J connectivity index is 2.86. The number of ether oxygens (including phenoxy) is 1. The topological polar surface area (TPSA) is 29.5 Å². The number of likely N-dealkylation sites (N-methyl/N-ethyl adjacent to an activating group) is 1. The number of rotatable bonds is 6. The van der Waals surface area contributed by atoms with E-state index in [1.54, 1.807) is 7.11 Å². The molecule has 0 radical (unpaired) electrons. The molecule has 0 fully saturated rings. The molecule has 3 heteroatoms. The van der Waals surface area contributed by atoms with Crippen LogP contribution in [0.25, 0.3) is 0 Å². The molecule has 18 heavy (non-hydrogen) atoms. The minimum Gasteiger partial charge on any atom is -0.497 e. The molecule has 0 N–H and O–H groups in total. The van der Waals surface area contributed by atoms with Crippen molar-refractivity contribution in [2.75, 3.05) is 21.2 Å². The third-order valence-corrected chi connectivity index (χ3v) is 3.78. The molecule has 1 aromatic carbocycles. The quantitative estimate of drug-likeness (QED) is 0.776. The molecular weight excluding hydrogens is 226 g/mol. The van der Waals surface area contributed by atoms with Gasteiger partial charge in [-0.1, -0.05) is 19.1 Å². The number of Topliss-reactive ketones (excluding diaryl/α,β-unsaturated/α-hetero) is 1. The highest BCUT2D eigenvalue weighted by Crippen LogP contribution is 2.21. The van der Waals surface area contributed by atoms with E-state index >= 15 is 0 Å². The van der Waals surface area contributed by atoms with E-state index < -0.39 is 5.54 Å². The van der Waals surface area contributed by atoms with Gasteiger partial charge in [-0.15, -0.1) is 0 Å². The number of hydrogen-bond donors (Lipinski definition) is 0. The number of hydrogen-bond acceptors (Lipinski definition) is 3. The van der Waals surface area contributed by atoms with Gasteiger partial charge in [-0.3, -0.25) is 9.69 Å². The van der Waals surface area contributed by atoms with Crippen molar-refractivity contribution in [1.29, 1.82) is 0 Å². The number of methoxy groups -OCH3 is 1. The first-order chi connectivity index (χ1) is 8.43. The molecule has 0 amide bonds. The standard InChI is InChI=1S/C15H23NO2/c1-6-15(2,16(3)4)14(17)11-12-8-7-9-13(10-12)18-5/h7-10H,6,11H2,1-5H3. The van der Waals surface area contributed by atoms with Gasteiger partial charge in [-0.25, -0.2) is 0 Å². The maximum absolute atomic E-state index is 12.4. The van der Waals surface area contributed by atoms with E-state index in [2.05, 4.69) is 0 Å². The molecule has 1 unspecified atom stereocenters. The Kier molecular flexibility index (Phi) is 4.91. The molecule has 0 heterocycles. The minimum absolute atomic E-state index is 0.239. The van der Waals surface area contributed by atoms with Crippen LogP contribution in [0, 0.1) is 0 Å². The van der Waals surface area contributed by atoms with Crippen LogP contribution in [0.5, 0.6) is 5.75 Å². The minimum atomic E-state index is -0.400. The molecule has 0 bridgehead atoms. The van der Waals surface area contributed by atoms with Gasteiger partial charge < -0.3 is 4.74 Å². The van der Waals surface area contributed by atoms with Crippen molar-refractivity contribution in [2.45, 2.75) is 32.2 Å². The number of nitrogens with zero attached hydrogens (tertiary/aromatic N) is 1. The first-order valence-corrected chi connectivity index (χ1v) is 6.27. The van der Waals surface area contributed by atoms with Gasteiger partial charge in [-0.2, -0.15) is 0 Å². The molecular formula is C15H23NO2. The van der Waals surface area contributed by atoms with E-state index in [-0.39, 0.29) is 5.78 Å². The Bertz CT molecular complexity index is 415. The second-order valence-corrected chi connectivity index (χ2v) is 4.97. The van der Waals surface area contributed by atoms with Crippen LogP contribution < -0.4 is 4.74 Å². The lowest BCUT2D eigenvalue weighted by Crippen LogP contribution is -2.48. The van der Waals surface area contributed by atoms with Crippen LogP contribution in [0.3, 0.4) is 0 Å². The first-order valence-electron chi connectivity index (χ1n) is 6.27. The maximum atomic E-state index is 12.4. The van der Waals surface area contributed by atoms with Crippen LogP contribution in [-0.4, -0.2) is 37.4 Å². The van der Waals surface area contributed by atoms with Gasteiger partial charge in [0.25, 0.3) is 0 Å². The van der Waals surface area contributed by atoms with Gasteiger partial charge >= 0.3 is 0 Å². The first kappa shape index (κ1) is 14.7. The van der Waals surface area contributed by atoms with E-state index in [4.69, 9.17) is 4.74 Å².